The Balaban J connectivity index is 1.87. The van der Waals surface area contributed by atoms with Crippen LogP contribution in [-0.2, 0) is 4.74 Å². The Kier molecular flexibility index (Phi) is 5.46. The van der Waals surface area contributed by atoms with Gasteiger partial charge < -0.3 is 4.74 Å². The maximum absolute atomic E-state index is 12.2. The molecule has 0 N–H and O–H groups in total. The Morgan fingerprint density at radius 2 is 1.80 bits per heavy atom. The molecule has 152 valence electrons. The summed E-state index contributed by atoms with van der Waals surface area (Å²) < 4.78 is 6.66. The van der Waals surface area contributed by atoms with Gasteiger partial charge in [-0.1, -0.05) is 67.1 Å². The minimum Gasteiger partial charge on any atom is -0.464 e. The van der Waals surface area contributed by atoms with Crippen LogP contribution in [0.3, 0.4) is 0 Å². The van der Waals surface area contributed by atoms with E-state index in [0.717, 1.165) is 27.4 Å². The van der Waals surface area contributed by atoms with Crippen LogP contribution in [0.25, 0.3) is 27.0 Å². The average molecular weight is 419 g/mol. The van der Waals surface area contributed by atoms with Gasteiger partial charge in [0.25, 0.3) is 0 Å². The van der Waals surface area contributed by atoms with Gasteiger partial charge in [0.05, 0.1) is 12.8 Å². The van der Waals surface area contributed by atoms with E-state index in [2.05, 4.69) is 41.3 Å². The van der Waals surface area contributed by atoms with Crippen LogP contribution in [0.4, 0.5) is 0 Å². The number of rotatable bonds is 5. The van der Waals surface area contributed by atoms with Crippen LogP contribution in [0.1, 0.15) is 41.4 Å². The van der Waals surface area contributed by atoms with Crippen LogP contribution >= 0.6 is 11.3 Å². The highest BCUT2D eigenvalue weighted by Crippen LogP contribution is 2.33. The maximum Gasteiger partial charge on any atom is 0.358 e. The molecule has 0 saturated carbocycles. The number of methoxy groups -OCH3 is 1. The summed E-state index contributed by atoms with van der Waals surface area (Å²) >= 11 is 1.47. The number of aromatic nitrogens is 4. The topological polar surface area (TPSA) is 69.9 Å². The molecule has 0 saturated heterocycles. The molecule has 0 aliphatic carbocycles. The molecule has 0 atom stereocenters. The first-order chi connectivity index (χ1) is 14.5. The maximum atomic E-state index is 12.2. The van der Waals surface area contributed by atoms with Crippen molar-refractivity contribution < 1.29 is 9.53 Å². The number of aryl methyl sites for hydroxylation is 1. The smallest absolute Gasteiger partial charge is 0.358 e. The van der Waals surface area contributed by atoms with Crippen LogP contribution in [0, 0.1) is 6.92 Å². The Labute approximate surface area is 179 Å². The number of carbonyl (C=O) groups is 1. The van der Waals surface area contributed by atoms with Gasteiger partial charge in [0, 0.05) is 11.6 Å². The van der Waals surface area contributed by atoms with Crippen molar-refractivity contribution in [2.75, 3.05) is 7.11 Å². The van der Waals surface area contributed by atoms with Crippen molar-refractivity contribution in [2.45, 2.75) is 26.7 Å². The van der Waals surface area contributed by atoms with Crippen molar-refractivity contribution in [3.05, 3.63) is 71.4 Å². The van der Waals surface area contributed by atoms with Gasteiger partial charge in [-0.2, -0.15) is 5.10 Å². The lowest BCUT2D eigenvalue weighted by molar-refractivity contribution is 0.0593. The number of nitrogens with zero attached hydrogens (tertiary/aromatic N) is 4. The van der Waals surface area contributed by atoms with Gasteiger partial charge >= 0.3 is 5.97 Å². The zero-order valence-electron chi connectivity index (χ0n) is 17.3. The molecule has 4 aromatic rings. The lowest BCUT2D eigenvalue weighted by Crippen LogP contribution is -2.07. The molecule has 0 radical (unpaired) electrons. The molecular weight excluding hydrogens is 396 g/mol. The summed E-state index contributed by atoms with van der Waals surface area (Å²) in [5.41, 5.74) is 5.15. The molecule has 0 amide bonds. The first-order valence-corrected chi connectivity index (χ1v) is 10.5. The third-order valence-corrected chi connectivity index (χ3v) is 5.79. The zero-order chi connectivity index (χ0) is 21.3. The Morgan fingerprint density at radius 3 is 2.53 bits per heavy atom. The van der Waals surface area contributed by atoms with Gasteiger partial charge in [-0.15, -0.1) is 10.2 Å². The van der Waals surface area contributed by atoms with E-state index in [1.807, 2.05) is 43.3 Å². The molecule has 7 heteroatoms. The third kappa shape index (κ3) is 3.76. The van der Waals surface area contributed by atoms with Crippen LogP contribution in [-0.4, -0.2) is 33.1 Å². The van der Waals surface area contributed by atoms with Crippen LogP contribution in [0.5, 0.6) is 0 Å². The second kappa shape index (κ2) is 8.20. The second-order valence-corrected chi connectivity index (χ2v) is 8.29. The molecular formula is C23H22N4O2S. The highest BCUT2D eigenvalue weighted by Gasteiger charge is 2.22. The molecule has 6 nitrogen and oxygen atoms in total. The highest BCUT2D eigenvalue weighted by molar-refractivity contribution is 7.17. The number of ether oxygens (including phenoxy) is 1. The highest BCUT2D eigenvalue weighted by atomic mass is 32.1. The minimum atomic E-state index is -0.486. The normalized spacial score (nSPS) is 11.1. The van der Waals surface area contributed by atoms with E-state index in [1.54, 1.807) is 10.7 Å². The third-order valence-electron chi connectivity index (χ3n) is 4.80. The molecule has 30 heavy (non-hydrogen) atoms. The largest absolute Gasteiger partial charge is 0.464 e. The summed E-state index contributed by atoms with van der Waals surface area (Å²) in [4.78, 5) is 12.2. The quantitative estimate of drug-likeness (QED) is 0.413. The molecule has 2 heterocycles. The van der Waals surface area contributed by atoms with Gasteiger partial charge in [0.1, 0.15) is 10.7 Å². The van der Waals surface area contributed by atoms with E-state index in [-0.39, 0.29) is 11.6 Å². The Hall–Kier alpha value is -3.32. The average Bonchev–Trinajstić information content (AvgIpc) is 3.40. The Bertz CT molecular complexity index is 1210. The monoisotopic (exact) mass is 418 g/mol. The van der Waals surface area contributed by atoms with Crippen molar-refractivity contribution in [1.29, 1.82) is 0 Å². The second-order valence-electron chi connectivity index (χ2n) is 7.31. The fourth-order valence-corrected chi connectivity index (χ4v) is 4.15. The number of hydrogen-bond donors (Lipinski definition) is 0. The van der Waals surface area contributed by atoms with Crippen molar-refractivity contribution in [3.8, 4) is 27.0 Å². The van der Waals surface area contributed by atoms with Crippen molar-refractivity contribution in [3.63, 3.8) is 0 Å². The number of esters is 1. The fraction of sp³-hybridized carbons (Fsp3) is 0.217. The van der Waals surface area contributed by atoms with Crippen molar-refractivity contribution in [2.24, 2.45) is 0 Å². The van der Waals surface area contributed by atoms with E-state index < -0.39 is 5.97 Å². The van der Waals surface area contributed by atoms with Crippen LogP contribution in [0.2, 0.25) is 0 Å². The summed E-state index contributed by atoms with van der Waals surface area (Å²) in [6, 6.07) is 17.9. The van der Waals surface area contributed by atoms with Crippen LogP contribution < -0.4 is 0 Å². The lowest BCUT2D eigenvalue weighted by Gasteiger charge is -2.14. The zero-order valence-corrected chi connectivity index (χ0v) is 18.1. The summed E-state index contributed by atoms with van der Waals surface area (Å²) in [6.07, 6.45) is 0. The van der Waals surface area contributed by atoms with E-state index in [4.69, 9.17) is 4.74 Å². The number of para-hydroxylation sites is 1. The summed E-state index contributed by atoms with van der Waals surface area (Å²) in [5.74, 6) is -0.197. The van der Waals surface area contributed by atoms with Gasteiger partial charge in [0.15, 0.2) is 10.7 Å². The van der Waals surface area contributed by atoms with Gasteiger partial charge in [-0.3, -0.25) is 0 Å². The first-order valence-electron chi connectivity index (χ1n) is 9.66. The van der Waals surface area contributed by atoms with E-state index in [9.17, 15) is 4.79 Å². The van der Waals surface area contributed by atoms with Gasteiger partial charge in [-0.25, -0.2) is 9.48 Å². The Morgan fingerprint density at radius 1 is 1.03 bits per heavy atom. The molecule has 0 fully saturated rings. The number of benzene rings is 2. The SMILES string of the molecule is COC(=O)c1cc(-c2nnc(-c3cccc(C)c3)s2)n(-c2ccccc2C(C)C)n1. The minimum absolute atomic E-state index is 0.235. The summed E-state index contributed by atoms with van der Waals surface area (Å²) in [6.45, 7) is 6.31. The molecule has 2 aromatic carbocycles. The van der Waals surface area contributed by atoms with Crippen molar-refractivity contribution >= 4 is 17.3 Å². The lowest BCUT2D eigenvalue weighted by atomic mass is 10.0. The molecule has 0 aliphatic rings. The molecule has 0 spiro atoms. The number of hydrogen-bond acceptors (Lipinski definition) is 6. The van der Waals surface area contributed by atoms with E-state index in [0.29, 0.717) is 10.7 Å². The van der Waals surface area contributed by atoms with Gasteiger partial charge in [0.2, 0.25) is 0 Å². The molecule has 0 unspecified atom stereocenters. The summed E-state index contributed by atoms with van der Waals surface area (Å²) in [7, 11) is 1.35. The van der Waals surface area contributed by atoms with Crippen LogP contribution in [0.15, 0.2) is 54.6 Å². The van der Waals surface area contributed by atoms with Crippen molar-refractivity contribution in [1.82, 2.24) is 20.0 Å². The molecule has 4 rings (SSSR count). The van der Waals surface area contributed by atoms with E-state index in [1.165, 1.54) is 18.4 Å². The fourth-order valence-electron chi connectivity index (χ4n) is 3.31. The predicted octanol–water partition coefficient (Wildman–Crippen LogP) is 5.28. The molecule has 2 aromatic heterocycles. The summed E-state index contributed by atoms with van der Waals surface area (Å²) in [5, 5.41) is 14.8. The molecule has 0 aliphatic heterocycles. The number of carbonyl (C=O) groups excluding carboxylic acids is 1. The standard InChI is InChI=1S/C23H22N4O2S/c1-14(2)17-10-5-6-11-19(17)27-20(13-18(26-27)23(28)29-4)22-25-24-21(30-22)16-9-7-8-15(3)12-16/h5-14H,1-4H3. The molecule has 0 bridgehead atoms. The first kappa shape index (κ1) is 20.0. The predicted molar refractivity (Wildman–Crippen MR) is 118 cm³/mol. The van der Waals surface area contributed by atoms with Gasteiger partial charge in [-0.05, 0) is 30.5 Å². The van der Waals surface area contributed by atoms with E-state index >= 15 is 0 Å².